The zero-order chi connectivity index (χ0) is 38.9. The molecule has 3 heteroatoms. The van der Waals surface area contributed by atoms with Crippen molar-refractivity contribution in [2.75, 3.05) is 4.90 Å². The lowest BCUT2D eigenvalue weighted by molar-refractivity contribution is 0.670. The van der Waals surface area contributed by atoms with Gasteiger partial charge >= 0.3 is 0 Å². The number of rotatable bonds is 6. The molecule has 0 N–H and O–H groups in total. The van der Waals surface area contributed by atoms with Crippen LogP contribution in [0.4, 0.5) is 17.1 Å². The van der Waals surface area contributed by atoms with Crippen LogP contribution in [0.25, 0.3) is 93.2 Å². The highest BCUT2D eigenvalue weighted by molar-refractivity contribution is 6.13. The summed E-state index contributed by atoms with van der Waals surface area (Å²) in [7, 11) is 0. The molecule has 0 atom stereocenters. The van der Waals surface area contributed by atoms with E-state index in [2.05, 4.69) is 216 Å². The summed E-state index contributed by atoms with van der Waals surface area (Å²) in [5, 5.41) is 9.56. The summed E-state index contributed by atoms with van der Waals surface area (Å²) in [5.74, 6) is 0. The average molecular weight is 753 g/mol. The molecule has 0 aliphatic rings. The van der Waals surface area contributed by atoms with Gasteiger partial charge in [-0.1, -0.05) is 152 Å². The Morgan fingerprint density at radius 1 is 0.356 bits per heavy atom. The minimum atomic E-state index is 0.906. The molecule has 0 aliphatic heterocycles. The van der Waals surface area contributed by atoms with Gasteiger partial charge < -0.3 is 13.9 Å². The van der Waals surface area contributed by atoms with E-state index in [0.29, 0.717) is 0 Å². The molecule has 10 aromatic carbocycles. The van der Waals surface area contributed by atoms with Crippen LogP contribution in [0.3, 0.4) is 0 Å². The Kier molecular flexibility index (Phi) is 7.54. The highest BCUT2D eigenvalue weighted by atomic mass is 16.3. The van der Waals surface area contributed by atoms with Gasteiger partial charge in [0.25, 0.3) is 0 Å². The van der Waals surface area contributed by atoms with E-state index in [0.717, 1.165) is 55.8 Å². The smallest absolute Gasteiger partial charge is 0.143 e. The minimum absolute atomic E-state index is 0.906. The van der Waals surface area contributed by atoms with Crippen molar-refractivity contribution in [1.29, 1.82) is 0 Å². The molecule has 0 fully saturated rings. The Labute approximate surface area is 341 Å². The maximum absolute atomic E-state index is 6.45. The summed E-state index contributed by atoms with van der Waals surface area (Å²) in [4.78, 5) is 2.40. The number of benzene rings is 10. The summed E-state index contributed by atoms with van der Waals surface area (Å²) in [6, 6.07) is 78.8. The average Bonchev–Trinajstić information content (AvgIpc) is 3.85. The molecule has 0 saturated heterocycles. The third kappa shape index (κ3) is 5.36. The maximum Gasteiger partial charge on any atom is 0.143 e. The number of nitrogens with zero attached hydrogens (tertiary/aromatic N) is 2. The van der Waals surface area contributed by atoms with Crippen molar-refractivity contribution >= 4 is 82.4 Å². The van der Waals surface area contributed by atoms with Crippen LogP contribution in [-0.2, 0) is 0 Å². The fourth-order valence-electron chi connectivity index (χ4n) is 9.23. The quantitative estimate of drug-likeness (QED) is 0.169. The Balaban J connectivity index is 1.02. The number of hydrogen-bond donors (Lipinski definition) is 0. The number of aromatic nitrogens is 1. The SMILES string of the molecule is c1ccc(-n2c3ccccc3c3cc(-c4ccc(N(c5ccc(-c6cccc7c6oc6ccccc67)cc5)c5ccc6ccccc6c5)c5ccccc45)ccc32)cc1. The monoisotopic (exact) mass is 752 g/mol. The van der Waals surface area contributed by atoms with Gasteiger partial charge in [0.05, 0.1) is 16.7 Å². The topological polar surface area (TPSA) is 21.3 Å². The van der Waals surface area contributed by atoms with Crippen LogP contribution in [0.1, 0.15) is 0 Å². The Bertz CT molecular complexity index is 3560. The van der Waals surface area contributed by atoms with E-state index in [1.54, 1.807) is 0 Å². The van der Waals surface area contributed by atoms with Crippen LogP contribution >= 0.6 is 0 Å². The standard InChI is InChI=1S/C56H36N2O/c1-2-15-41(16-3-1)58-52-23-10-8-19-48(52)51-36-40(28-33-54(51)58)44-32-34-53(47-18-7-6-17-46(44)47)57(43-31-25-37-13-4-5-14-39(37)35-43)42-29-26-38(27-30-42)45-21-12-22-50-49-20-9-11-24-55(49)59-56(45)50/h1-36H. The lowest BCUT2D eigenvalue weighted by Crippen LogP contribution is -2.10. The first-order valence-corrected chi connectivity index (χ1v) is 20.2. The van der Waals surface area contributed by atoms with Gasteiger partial charge in [-0.2, -0.15) is 0 Å². The van der Waals surface area contributed by atoms with Crippen LogP contribution in [0, 0.1) is 0 Å². The number of para-hydroxylation sites is 4. The number of fused-ring (bicyclic) bond motifs is 8. The molecular formula is C56H36N2O. The number of hydrogen-bond acceptors (Lipinski definition) is 2. The third-order valence-electron chi connectivity index (χ3n) is 12.0. The third-order valence-corrected chi connectivity index (χ3v) is 12.0. The normalized spacial score (nSPS) is 11.7. The number of anilines is 3. The molecule has 0 saturated carbocycles. The molecule has 0 amide bonds. The van der Waals surface area contributed by atoms with E-state index in [-0.39, 0.29) is 0 Å². The van der Waals surface area contributed by atoms with Crippen molar-refractivity contribution < 1.29 is 4.42 Å². The molecule has 0 bridgehead atoms. The summed E-state index contributed by atoms with van der Waals surface area (Å²) in [6.45, 7) is 0. The van der Waals surface area contributed by atoms with Crippen LogP contribution in [0.2, 0.25) is 0 Å². The van der Waals surface area contributed by atoms with E-state index >= 15 is 0 Å². The molecule has 2 aromatic heterocycles. The highest BCUT2D eigenvalue weighted by Crippen LogP contribution is 2.45. The number of furan rings is 1. The van der Waals surface area contributed by atoms with Crippen LogP contribution in [-0.4, -0.2) is 4.57 Å². The fraction of sp³-hybridized carbons (Fsp3) is 0. The van der Waals surface area contributed by atoms with Crippen LogP contribution in [0.15, 0.2) is 223 Å². The van der Waals surface area contributed by atoms with Gasteiger partial charge in [0.1, 0.15) is 11.2 Å². The Morgan fingerprint density at radius 2 is 1.02 bits per heavy atom. The van der Waals surface area contributed by atoms with Gasteiger partial charge in [0, 0.05) is 49.6 Å². The molecule has 276 valence electrons. The van der Waals surface area contributed by atoms with E-state index in [1.807, 2.05) is 12.1 Å². The molecule has 0 radical (unpaired) electrons. The van der Waals surface area contributed by atoms with Gasteiger partial charge in [0.2, 0.25) is 0 Å². The lowest BCUT2D eigenvalue weighted by atomic mass is 9.95. The molecule has 59 heavy (non-hydrogen) atoms. The van der Waals surface area contributed by atoms with Crippen LogP contribution < -0.4 is 4.90 Å². The van der Waals surface area contributed by atoms with E-state index in [4.69, 9.17) is 4.42 Å². The molecule has 0 unspecified atom stereocenters. The summed E-state index contributed by atoms with van der Waals surface area (Å²) in [6.07, 6.45) is 0. The molecule has 12 aromatic rings. The first kappa shape index (κ1) is 33.3. The molecule has 0 aliphatic carbocycles. The van der Waals surface area contributed by atoms with Crippen molar-refractivity contribution in [3.63, 3.8) is 0 Å². The zero-order valence-electron chi connectivity index (χ0n) is 32.1. The zero-order valence-corrected chi connectivity index (χ0v) is 32.1. The molecule has 2 heterocycles. The van der Waals surface area contributed by atoms with Gasteiger partial charge in [-0.05, 0) is 99.6 Å². The Hall–Kier alpha value is -7.88. The van der Waals surface area contributed by atoms with E-state index in [1.165, 1.54) is 54.5 Å². The second kappa shape index (κ2) is 13.4. The van der Waals surface area contributed by atoms with Crippen molar-refractivity contribution in [2.24, 2.45) is 0 Å². The minimum Gasteiger partial charge on any atom is -0.455 e. The lowest BCUT2D eigenvalue weighted by Gasteiger charge is -2.28. The van der Waals surface area contributed by atoms with Crippen molar-refractivity contribution in [2.45, 2.75) is 0 Å². The molecule has 12 rings (SSSR count). The largest absolute Gasteiger partial charge is 0.455 e. The molecule has 0 spiro atoms. The van der Waals surface area contributed by atoms with Crippen LogP contribution in [0.5, 0.6) is 0 Å². The Morgan fingerprint density at radius 3 is 1.88 bits per heavy atom. The fourth-order valence-corrected chi connectivity index (χ4v) is 9.23. The second-order valence-corrected chi connectivity index (χ2v) is 15.3. The second-order valence-electron chi connectivity index (χ2n) is 15.3. The first-order chi connectivity index (χ1) is 29.3. The van der Waals surface area contributed by atoms with Gasteiger partial charge in [0.15, 0.2) is 0 Å². The predicted octanol–water partition coefficient (Wildman–Crippen LogP) is 15.8. The maximum atomic E-state index is 6.45. The van der Waals surface area contributed by atoms with Crippen molar-refractivity contribution in [3.05, 3.63) is 218 Å². The van der Waals surface area contributed by atoms with Crippen molar-refractivity contribution in [3.8, 4) is 27.9 Å². The first-order valence-electron chi connectivity index (χ1n) is 20.2. The van der Waals surface area contributed by atoms with Gasteiger partial charge in [-0.15, -0.1) is 0 Å². The predicted molar refractivity (Wildman–Crippen MR) is 249 cm³/mol. The van der Waals surface area contributed by atoms with Gasteiger partial charge in [-0.25, -0.2) is 0 Å². The molecular weight excluding hydrogens is 717 g/mol. The van der Waals surface area contributed by atoms with E-state index in [9.17, 15) is 0 Å². The summed E-state index contributed by atoms with van der Waals surface area (Å²) in [5.41, 5.74) is 13.3. The highest BCUT2D eigenvalue weighted by Gasteiger charge is 2.20. The van der Waals surface area contributed by atoms with Crippen molar-refractivity contribution in [1.82, 2.24) is 4.57 Å². The van der Waals surface area contributed by atoms with Gasteiger partial charge in [-0.3, -0.25) is 0 Å². The summed E-state index contributed by atoms with van der Waals surface area (Å²) >= 11 is 0. The molecule has 3 nitrogen and oxygen atoms in total. The summed E-state index contributed by atoms with van der Waals surface area (Å²) < 4.78 is 8.82. The van der Waals surface area contributed by atoms with E-state index < -0.39 is 0 Å².